The molecule has 0 aromatic carbocycles. The molecule has 4 N–H and O–H groups in total. The molecule has 2 aromatic heterocycles. The molecule has 0 unspecified atom stereocenters. The Bertz CT molecular complexity index is 791. The van der Waals surface area contributed by atoms with E-state index >= 15 is 0 Å². The normalized spacial score (nSPS) is 25.9. The molecule has 8 nitrogen and oxygen atoms in total. The molecule has 3 heterocycles. The summed E-state index contributed by atoms with van der Waals surface area (Å²) in [4.78, 5) is 13.3. The van der Waals surface area contributed by atoms with E-state index in [0.29, 0.717) is 35.6 Å². The molecule has 1 saturated heterocycles. The van der Waals surface area contributed by atoms with Crippen LogP contribution >= 0.6 is 0 Å². The SMILES string of the molecule is N#Cc1cc2cnc(NC3CC(N)C3)nc2c(N[C@@H]2CCOC2)n1. The van der Waals surface area contributed by atoms with Gasteiger partial charge >= 0.3 is 0 Å². The number of ether oxygens (including phenoxy) is 1. The van der Waals surface area contributed by atoms with Crippen LogP contribution in [-0.2, 0) is 4.74 Å². The third-order valence-corrected chi connectivity index (χ3v) is 4.46. The van der Waals surface area contributed by atoms with Crippen LogP contribution in [0, 0.1) is 11.3 Å². The zero-order valence-corrected chi connectivity index (χ0v) is 13.2. The molecule has 1 atom stereocenters. The second-order valence-electron chi connectivity index (χ2n) is 6.38. The lowest BCUT2D eigenvalue weighted by molar-refractivity contribution is 0.195. The third kappa shape index (κ3) is 2.96. The van der Waals surface area contributed by atoms with Crippen molar-refractivity contribution in [1.82, 2.24) is 15.0 Å². The Morgan fingerprint density at radius 3 is 2.83 bits per heavy atom. The van der Waals surface area contributed by atoms with Crippen molar-refractivity contribution in [3.63, 3.8) is 0 Å². The van der Waals surface area contributed by atoms with E-state index in [1.54, 1.807) is 12.3 Å². The van der Waals surface area contributed by atoms with Crippen molar-refractivity contribution in [1.29, 1.82) is 5.26 Å². The van der Waals surface area contributed by atoms with Gasteiger partial charge in [0.1, 0.15) is 17.3 Å². The molecule has 0 spiro atoms. The number of pyridine rings is 1. The predicted molar refractivity (Wildman–Crippen MR) is 89.5 cm³/mol. The lowest BCUT2D eigenvalue weighted by atomic mass is 9.88. The van der Waals surface area contributed by atoms with Gasteiger partial charge in [-0.3, -0.25) is 0 Å². The van der Waals surface area contributed by atoms with Gasteiger partial charge in [-0.05, 0) is 25.3 Å². The van der Waals surface area contributed by atoms with Gasteiger partial charge in [0.05, 0.1) is 12.6 Å². The van der Waals surface area contributed by atoms with Gasteiger partial charge in [0.2, 0.25) is 5.95 Å². The number of nitrogens with two attached hydrogens (primary N) is 1. The molecule has 8 heteroatoms. The van der Waals surface area contributed by atoms with Crippen LogP contribution in [0.15, 0.2) is 12.3 Å². The summed E-state index contributed by atoms with van der Waals surface area (Å²) in [5, 5.41) is 16.6. The van der Waals surface area contributed by atoms with Gasteiger partial charge in [0.25, 0.3) is 0 Å². The van der Waals surface area contributed by atoms with Gasteiger partial charge in [-0.1, -0.05) is 0 Å². The van der Waals surface area contributed by atoms with E-state index in [-0.39, 0.29) is 12.1 Å². The van der Waals surface area contributed by atoms with Crippen LogP contribution in [0.1, 0.15) is 25.0 Å². The average molecular weight is 325 g/mol. The number of hydrogen-bond acceptors (Lipinski definition) is 8. The Labute approximate surface area is 139 Å². The Morgan fingerprint density at radius 2 is 2.12 bits per heavy atom. The largest absolute Gasteiger partial charge is 0.379 e. The smallest absolute Gasteiger partial charge is 0.223 e. The van der Waals surface area contributed by atoms with Gasteiger partial charge in [-0.15, -0.1) is 0 Å². The van der Waals surface area contributed by atoms with Crippen LogP contribution in [0.3, 0.4) is 0 Å². The van der Waals surface area contributed by atoms with Crippen molar-refractivity contribution in [2.45, 2.75) is 37.4 Å². The molecule has 2 aliphatic rings. The zero-order chi connectivity index (χ0) is 16.5. The summed E-state index contributed by atoms with van der Waals surface area (Å²) in [7, 11) is 0. The molecule has 0 amide bonds. The number of rotatable bonds is 4. The monoisotopic (exact) mass is 325 g/mol. The molecule has 1 aliphatic heterocycles. The van der Waals surface area contributed by atoms with Crippen molar-refractivity contribution in [2.24, 2.45) is 5.73 Å². The van der Waals surface area contributed by atoms with E-state index in [1.807, 2.05) is 0 Å². The van der Waals surface area contributed by atoms with Gasteiger partial charge in [0.15, 0.2) is 5.82 Å². The van der Waals surface area contributed by atoms with E-state index in [1.165, 1.54) is 0 Å². The summed E-state index contributed by atoms with van der Waals surface area (Å²) in [6.07, 6.45) is 4.49. The molecule has 2 fully saturated rings. The van der Waals surface area contributed by atoms with Crippen LogP contribution in [0.5, 0.6) is 0 Å². The quantitative estimate of drug-likeness (QED) is 0.761. The van der Waals surface area contributed by atoms with Gasteiger partial charge in [0, 0.05) is 30.3 Å². The molecule has 1 aliphatic carbocycles. The number of aromatic nitrogens is 3. The van der Waals surface area contributed by atoms with Crippen molar-refractivity contribution in [3.05, 3.63) is 18.0 Å². The molecule has 24 heavy (non-hydrogen) atoms. The zero-order valence-electron chi connectivity index (χ0n) is 13.2. The molecular weight excluding hydrogens is 306 g/mol. The average Bonchev–Trinajstić information content (AvgIpc) is 3.06. The second-order valence-corrected chi connectivity index (χ2v) is 6.38. The Kier molecular flexibility index (Phi) is 3.88. The van der Waals surface area contributed by atoms with Crippen molar-refractivity contribution in [2.75, 3.05) is 23.8 Å². The second kappa shape index (κ2) is 6.19. The number of nitriles is 1. The van der Waals surface area contributed by atoms with Crippen LogP contribution in [0.4, 0.5) is 11.8 Å². The molecule has 2 aromatic rings. The fraction of sp³-hybridized carbons (Fsp3) is 0.500. The van der Waals surface area contributed by atoms with Gasteiger partial charge in [-0.2, -0.15) is 5.26 Å². The first kappa shape index (κ1) is 15.1. The Hall–Kier alpha value is -2.50. The Morgan fingerprint density at radius 1 is 1.25 bits per heavy atom. The number of hydrogen-bond donors (Lipinski definition) is 3. The summed E-state index contributed by atoms with van der Waals surface area (Å²) in [5.74, 6) is 1.17. The highest BCUT2D eigenvalue weighted by Crippen LogP contribution is 2.25. The number of fused-ring (bicyclic) bond motifs is 1. The maximum absolute atomic E-state index is 9.19. The van der Waals surface area contributed by atoms with Gasteiger partial charge in [-0.25, -0.2) is 15.0 Å². The topological polar surface area (TPSA) is 122 Å². The summed E-state index contributed by atoms with van der Waals surface area (Å²) >= 11 is 0. The molecule has 0 radical (unpaired) electrons. The maximum Gasteiger partial charge on any atom is 0.223 e. The maximum atomic E-state index is 9.19. The first-order chi connectivity index (χ1) is 11.7. The number of nitrogens with one attached hydrogen (secondary N) is 2. The minimum atomic E-state index is 0.186. The Balaban J connectivity index is 1.66. The molecular formula is C16H19N7O. The fourth-order valence-corrected chi connectivity index (χ4v) is 3.07. The van der Waals surface area contributed by atoms with E-state index in [2.05, 4.69) is 31.7 Å². The number of nitrogens with zero attached hydrogens (tertiary/aromatic N) is 4. The summed E-state index contributed by atoms with van der Waals surface area (Å²) in [6, 6.07) is 4.56. The fourth-order valence-electron chi connectivity index (χ4n) is 3.07. The first-order valence-corrected chi connectivity index (χ1v) is 8.15. The summed E-state index contributed by atoms with van der Waals surface area (Å²) in [6.45, 7) is 1.37. The first-order valence-electron chi connectivity index (χ1n) is 8.15. The number of anilines is 2. The molecule has 4 rings (SSSR count). The van der Waals surface area contributed by atoms with E-state index in [0.717, 1.165) is 31.3 Å². The standard InChI is InChI=1S/C16H19N7O/c17-6-13-3-9-7-19-16(22-12-4-10(18)5-12)23-14(9)15(21-13)20-11-1-2-24-8-11/h3,7,10-12H,1-2,4-5,8,18H2,(H,20,21)(H,19,22,23)/t10?,11-,12?/m1/s1. The van der Waals surface area contributed by atoms with Crippen LogP contribution in [0.25, 0.3) is 10.9 Å². The minimum absolute atomic E-state index is 0.186. The molecule has 0 bridgehead atoms. The summed E-state index contributed by atoms with van der Waals surface area (Å²) < 4.78 is 5.39. The van der Waals surface area contributed by atoms with E-state index < -0.39 is 0 Å². The molecule has 1 saturated carbocycles. The van der Waals surface area contributed by atoms with E-state index in [4.69, 9.17) is 10.5 Å². The van der Waals surface area contributed by atoms with Crippen molar-refractivity contribution >= 4 is 22.7 Å². The highest BCUT2D eigenvalue weighted by Gasteiger charge is 2.26. The summed E-state index contributed by atoms with van der Waals surface area (Å²) in [5.41, 5.74) is 6.87. The van der Waals surface area contributed by atoms with Crippen molar-refractivity contribution < 1.29 is 4.74 Å². The third-order valence-electron chi connectivity index (χ3n) is 4.46. The highest BCUT2D eigenvalue weighted by atomic mass is 16.5. The van der Waals surface area contributed by atoms with Crippen LogP contribution < -0.4 is 16.4 Å². The highest BCUT2D eigenvalue weighted by molar-refractivity contribution is 5.89. The lowest BCUT2D eigenvalue weighted by Gasteiger charge is -2.32. The van der Waals surface area contributed by atoms with Gasteiger partial charge < -0.3 is 21.1 Å². The van der Waals surface area contributed by atoms with Crippen LogP contribution in [-0.4, -0.2) is 46.3 Å². The molecule has 124 valence electrons. The minimum Gasteiger partial charge on any atom is -0.379 e. The van der Waals surface area contributed by atoms with E-state index in [9.17, 15) is 5.26 Å². The van der Waals surface area contributed by atoms with Crippen molar-refractivity contribution in [3.8, 4) is 6.07 Å². The predicted octanol–water partition coefficient (Wildman–Crippen LogP) is 0.999. The lowest BCUT2D eigenvalue weighted by Crippen LogP contribution is -2.44. The van der Waals surface area contributed by atoms with Crippen LogP contribution in [0.2, 0.25) is 0 Å².